The van der Waals surface area contributed by atoms with Gasteiger partial charge in [-0.2, -0.15) is 0 Å². The first-order valence-corrected chi connectivity index (χ1v) is 8.85. The van der Waals surface area contributed by atoms with Gasteiger partial charge in [-0.1, -0.05) is 91.0 Å². The van der Waals surface area contributed by atoms with Gasteiger partial charge in [0.15, 0.2) is 0 Å². The highest BCUT2D eigenvalue weighted by molar-refractivity contribution is 5.74. The van der Waals surface area contributed by atoms with E-state index in [2.05, 4.69) is 0 Å². The molecule has 4 heteroatoms. The molecule has 0 unspecified atom stereocenters. The molecule has 3 aromatic rings. The molecule has 0 amide bonds. The fraction of sp³-hybridized carbons (Fsp3) is 0.174. The first kappa shape index (κ1) is 18.8. The van der Waals surface area contributed by atoms with Crippen molar-refractivity contribution >= 4 is 5.97 Å². The van der Waals surface area contributed by atoms with Gasteiger partial charge in [0, 0.05) is 0 Å². The number of carboxylic acid groups (broad SMARTS) is 1. The molecule has 0 saturated heterocycles. The third-order valence-electron chi connectivity index (χ3n) is 5.03. The zero-order valence-corrected chi connectivity index (χ0v) is 15.2. The smallest absolute Gasteiger partial charge is 0.323 e. The van der Waals surface area contributed by atoms with Crippen molar-refractivity contribution in [1.29, 1.82) is 0 Å². The molecular formula is C23H23NO3. The van der Waals surface area contributed by atoms with Crippen molar-refractivity contribution in [3.63, 3.8) is 0 Å². The number of likely N-dealkylation sites (N-methyl/N-ethyl adjacent to an activating group) is 1. The summed E-state index contributed by atoms with van der Waals surface area (Å²) in [5.41, 5.74) is 1.94. The number of benzene rings is 3. The lowest BCUT2D eigenvalue weighted by Crippen LogP contribution is -2.54. The number of aliphatic hydroxyl groups is 1. The van der Waals surface area contributed by atoms with Crippen LogP contribution in [0.3, 0.4) is 0 Å². The van der Waals surface area contributed by atoms with Gasteiger partial charge < -0.3 is 10.2 Å². The van der Waals surface area contributed by atoms with Crippen molar-refractivity contribution in [2.75, 3.05) is 13.7 Å². The van der Waals surface area contributed by atoms with Crippen LogP contribution in [0.15, 0.2) is 91.0 Å². The number of aliphatic carboxylic acids is 1. The number of nitrogens with zero attached hydrogens (tertiary/aromatic N) is 1. The average Bonchev–Trinajstić information content (AvgIpc) is 2.71. The van der Waals surface area contributed by atoms with Crippen LogP contribution in [0.5, 0.6) is 0 Å². The Bertz CT molecular complexity index is 769. The molecular weight excluding hydrogens is 338 g/mol. The average molecular weight is 361 g/mol. The lowest BCUT2D eigenvalue weighted by Gasteiger charge is -2.45. The highest BCUT2D eigenvalue weighted by Gasteiger charge is 2.44. The molecule has 0 spiro atoms. The highest BCUT2D eigenvalue weighted by Crippen LogP contribution is 2.42. The summed E-state index contributed by atoms with van der Waals surface area (Å²) in [5.74, 6) is -1.06. The zero-order valence-electron chi connectivity index (χ0n) is 15.2. The fourth-order valence-electron chi connectivity index (χ4n) is 3.75. The summed E-state index contributed by atoms with van der Waals surface area (Å²) in [5, 5.41) is 19.6. The van der Waals surface area contributed by atoms with Gasteiger partial charge in [-0.3, -0.25) is 9.69 Å². The normalized spacial score (nSPS) is 12.7. The van der Waals surface area contributed by atoms with E-state index < -0.39 is 24.2 Å². The van der Waals surface area contributed by atoms with E-state index in [-0.39, 0.29) is 0 Å². The molecule has 138 valence electrons. The summed E-state index contributed by atoms with van der Waals surface area (Å²) in [4.78, 5) is 13.7. The number of aliphatic hydroxyl groups excluding tert-OH is 1. The monoisotopic (exact) mass is 361 g/mol. The van der Waals surface area contributed by atoms with Crippen LogP contribution in [0, 0.1) is 0 Å². The second-order valence-corrected chi connectivity index (χ2v) is 6.46. The molecule has 0 radical (unpaired) electrons. The molecule has 0 aliphatic carbocycles. The molecule has 0 aliphatic heterocycles. The Kier molecular flexibility index (Phi) is 5.69. The van der Waals surface area contributed by atoms with E-state index in [9.17, 15) is 15.0 Å². The van der Waals surface area contributed by atoms with Gasteiger partial charge in [0.25, 0.3) is 0 Å². The largest absolute Gasteiger partial charge is 0.480 e. The number of rotatable bonds is 7. The van der Waals surface area contributed by atoms with Gasteiger partial charge in [0.2, 0.25) is 0 Å². The minimum absolute atomic E-state index is 0.486. The van der Waals surface area contributed by atoms with Crippen molar-refractivity contribution in [1.82, 2.24) is 4.90 Å². The first-order valence-electron chi connectivity index (χ1n) is 8.85. The van der Waals surface area contributed by atoms with Crippen LogP contribution in [-0.2, 0) is 10.3 Å². The van der Waals surface area contributed by atoms with Crippen molar-refractivity contribution < 1.29 is 15.0 Å². The van der Waals surface area contributed by atoms with Crippen molar-refractivity contribution in [2.24, 2.45) is 0 Å². The summed E-state index contributed by atoms with van der Waals surface area (Å²) in [7, 11) is 1.75. The Hall–Kier alpha value is -2.95. The van der Waals surface area contributed by atoms with Crippen molar-refractivity contribution in [2.45, 2.75) is 11.6 Å². The van der Waals surface area contributed by atoms with Crippen LogP contribution in [0.2, 0.25) is 0 Å². The summed E-state index contributed by atoms with van der Waals surface area (Å²) in [6.07, 6.45) is 0. The minimum Gasteiger partial charge on any atom is -0.480 e. The summed E-state index contributed by atoms with van der Waals surface area (Å²) < 4.78 is 0. The molecule has 4 nitrogen and oxygen atoms in total. The Morgan fingerprint density at radius 2 is 1.15 bits per heavy atom. The van der Waals surface area contributed by atoms with Gasteiger partial charge in [-0.15, -0.1) is 0 Å². The highest BCUT2D eigenvalue weighted by atomic mass is 16.4. The zero-order chi connectivity index (χ0) is 19.3. The van der Waals surface area contributed by atoms with Crippen LogP contribution in [-0.4, -0.2) is 40.8 Å². The summed E-state index contributed by atoms with van der Waals surface area (Å²) in [6.45, 7) is -0.486. The van der Waals surface area contributed by atoms with E-state index in [0.717, 1.165) is 16.7 Å². The van der Waals surface area contributed by atoms with Crippen LogP contribution in [0.25, 0.3) is 0 Å². The van der Waals surface area contributed by atoms with Crippen LogP contribution in [0.4, 0.5) is 0 Å². The lowest BCUT2D eigenvalue weighted by atomic mass is 9.75. The number of hydrogen-bond acceptors (Lipinski definition) is 3. The first-order chi connectivity index (χ1) is 13.1. The third-order valence-corrected chi connectivity index (χ3v) is 5.03. The van der Waals surface area contributed by atoms with Crippen LogP contribution >= 0.6 is 0 Å². The number of hydrogen-bond donors (Lipinski definition) is 2. The molecule has 0 saturated carbocycles. The second-order valence-electron chi connectivity index (χ2n) is 6.46. The van der Waals surface area contributed by atoms with Crippen LogP contribution < -0.4 is 0 Å². The van der Waals surface area contributed by atoms with E-state index in [1.54, 1.807) is 11.9 Å². The topological polar surface area (TPSA) is 60.8 Å². The molecule has 0 bridgehead atoms. The fourth-order valence-corrected chi connectivity index (χ4v) is 3.75. The Balaban J connectivity index is 2.38. The van der Waals surface area contributed by atoms with Crippen molar-refractivity contribution in [3.8, 4) is 0 Å². The Morgan fingerprint density at radius 1 is 0.815 bits per heavy atom. The third kappa shape index (κ3) is 3.37. The van der Waals surface area contributed by atoms with Gasteiger partial charge in [-0.25, -0.2) is 0 Å². The molecule has 0 fully saturated rings. The van der Waals surface area contributed by atoms with E-state index in [1.807, 2.05) is 91.0 Å². The van der Waals surface area contributed by atoms with Crippen LogP contribution in [0.1, 0.15) is 16.7 Å². The lowest BCUT2D eigenvalue weighted by molar-refractivity contribution is -0.146. The quantitative estimate of drug-likeness (QED) is 0.634. The maximum atomic E-state index is 11.9. The SMILES string of the molecule is CN([C@@H](CO)C(=O)O)C(c1ccccc1)(c1ccccc1)c1ccccc1. The number of carbonyl (C=O) groups is 1. The Morgan fingerprint density at radius 3 is 1.41 bits per heavy atom. The molecule has 0 aromatic heterocycles. The maximum Gasteiger partial charge on any atom is 0.323 e. The van der Waals surface area contributed by atoms with E-state index in [1.165, 1.54) is 0 Å². The van der Waals surface area contributed by atoms with E-state index >= 15 is 0 Å². The van der Waals surface area contributed by atoms with Gasteiger partial charge in [-0.05, 0) is 23.7 Å². The Labute approximate surface area is 159 Å². The maximum absolute atomic E-state index is 11.9. The molecule has 3 aromatic carbocycles. The van der Waals surface area contributed by atoms with Gasteiger partial charge in [0.05, 0.1) is 12.1 Å². The molecule has 0 aliphatic rings. The second kappa shape index (κ2) is 8.16. The van der Waals surface area contributed by atoms with Gasteiger partial charge in [0.1, 0.15) is 6.04 Å². The molecule has 3 rings (SSSR count). The molecule has 0 heterocycles. The summed E-state index contributed by atoms with van der Waals surface area (Å²) >= 11 is 0. The van der Waals surface area contributed by atoms with Gasteiger partial charge >= 0.3 is 5.97 Å². The standard InChI is InChI=1S/C23H23NO3/c1-24(21(17-25)22(26)27)23(18-11-5-2-6-12-18,19-13-7-3-8-14-19)20-15-9-4-10-16-20/h2-16,21,25H,17H2,1H3,(H,26,27)/t21-/m0/s1. The van der Waals surface area contributed by atoms with E-state index in [0.29, 0.717) is 0 Å². The molecule has 1 atom stereocenters. The van der Waals surface area contributed by atoms with Crippen molar-refractivity contribution in [3.05, 3.63) is 108 Å². The molecule has 27 heavy (non-hydrogen) atoms. The van der Waals surface area contributed by atoms with E-state index in [4.69, 9.17) is 0 Å². The molecule has 2 N–H and O–H groups in total. The predicted octanol–water partition coefficient (Wildman–Crippen LogP) is 3.36. The minimum atomic E-state index is -1.06. The summed E-state index contributed by atoms with van der Waals surface area (Å²) in [6, 6.07) is 28.4. The predicted molar refractivity (Wildman–Crippen MR) is 105 cm³/mol. The number of carboxylic acids is 1.